The average molecular weight is 579 g/mol. The number of hydrogen-bond donors (Lipinski definition) is 0. The molecule has 4 aromatic carbocycles. The van der Waals surface area contributed by atoms with E-state index >= 15 is 0 Å². The van der Waals surface area contributed by atoms with Gasteiger partial charge in [0, 0.05) is 41.8 Å². The molecule has 0 spiro atoms. The normalized spacial score (nSPS) is 14.8. The fourth-order valence-electron chi connectivity index (χ4n) is 5.04. The Morgan fingerprint density at radius 1 is 0.884 bits per heavy atom. The van der Waals surface area contributed by atoms with Crippen LogP contribution in [-0.4, -0.2) is 35.7 Å². The average Bonchev–Trinajstić information content (AvgIpc) is 3.42. The van der Waals surface area contributed by atoms with Crippen molar-refractivity contribution >= 4 is 29.0 Å². The van der Waals surface area contributed by atoms with E-state index in [1.165, 1.54) is 28.7 Å². The number of benzene rings is 4. The van der Waals surface area contributed by atoms with Crippen LogP contribution in [0.3, 0.4) is 0 Å². The first-order valence-corrected chi connectivity index (χ1v) is 13.8. The molecule has 43 heavy (non-hydrogen) atoms. The summed E-state index contributed by atoms with van der Waals surface area (Å²) in [6.07, 6.45) is -0.0479. The topological polar surface area (TPSA) is 116 Å². The van der Waals surface area contributed by atoms with Crippen molar-refractivity contribution in [2.75, 3.05) is 18.1 Å². The van der Waals surface area contributed by atoms with Gasteiger partial charge in [-0.05, 0) is 47.5 Å². The molecule has 1 atom stereocenters. The lowest BCUT2D eigenvalue weighted by Gasteiger charge is -2.26. The van der Waals surface area contributed by atoms with Gasteiger partial charge in [0.25, 0.3) is 5.69 Å². The SMILES string of the molecule is CC(C)(c1ccccc1)c1ccc(Oc2ccc(N3C[C@H](C(=O)OCC(=O)c4cccc([N+](=O)[O-])c4)CC3=O)cc2)cc1. The molecule has 1 aliphatic heterocycles. The maximum absolute atomic E-state index is 12.7. The summed E-state index contributed by atoms with van der Waals surface area (Å²) in [4.78, 5) is 49.5. The Morgan fingerprint density at radius 2 is 1.51 bits per heavy atom. The highest BCUT2D eigenvalue weighted by atomic mass is 16.6. The number of Topliss-reactive ketones (excluding diaryl/α,β-unsaturated/α-hetero) is 1. The molecule has 0 radical (unpaired) electrons. The molecule has 0 saturated carbocycles. The molecule has 0 unspecified atom stereocenters. The van der Waals surface area contributed by atoms with Crippen LogP contribution in [0.25, 0.3) is 0 Å². The standard InChI is InChI=1S/C34H30N2O7/c1-34(2,25-8-4-3-5-9-25)26-11-15-29(16-12-26)43-30-17-13-27(14-18-30)35-21-24(20-32(35)38)33(39)42-22-31(37)23-7-6-10-28(19-23)36(40)41/h3-19,24H,20-22H2,1-2H3/t24-/m1/s1. The number of amides is 1. The van der Waals surface area contributed by atoms with Crippen LogP contribution in [0.4, 0.5) is 11.4 Å². The maximum Gasteiger partial charge on any atom is 0.311 e. The smallest absolute Gasteiger partial charge is 0.311 e. The molecule has 0 N–H and O–H groups in total. The zero-order valence-corrected chi connectivity index (χ0v) is 23.8. The largest absolute Gasteiger partial charge is 0.457 e. The maximum atomic E-state index is 12.7. The van der Waals surface area contributed by atoms with Crippen molar-refractivity contribution in [3.63, 3.8) is 0 Å². The molecule has 0 aliphatic carbocycles. The number of esters is 1. The van der Waals surface area contributed by atoms with Gasteiger partial charge < -0.3 is 14.4 Å². The van der Waals surface area contributed by atoms with Gasteiger partial charge >= 0.3 is 5.97 Å². The zero-order valence-electron chi connectivity index (χ0n) is 23.8. The second kappa shape index (κ2) is 12.3. The lowest BCUT2D eigenvalue weighted by molar-refractivity contribution is -0.384. The molecule has 1 fully saturated rings. The first kappa shape index (κ1) is 29.2. The van der Waals surface area contributed by atoms with Crippen molar-refractivity contribution in [1.29, 1.82) is 0 Å². The van der Waals surface area contributed by atoms with Crippen LogP contribution < -0.4 is 9.64 Å². The Bertz CT molecular complexity index is 1650. The van der Waals surface area contributed by atoms with Gasteiger partial charge in [-0.3, -0.25) is 24.5 Å². The Hall–Kier alpha value is -5.31. The summed E-state index contributed by atoms with van der Waals surface area (Å²) >= 11 is 0. The van der Waals surface area contributed by atoms with Crippen LogP contribution in [-0.2, 0) is 19.7 Å². The van der Waals surface area contributed by atoms with Gasteiger partial charge in [-0.2, -0.15) is 0 Å². The van der Waals surface area contributed by atoms with E-state index in [1.54, 1.807) is 24.3 Å². The number of non-ortho nitro benzene ring substituents is 1. The third-order valence-corrected chi connectivity index (χ3v) is 7.64. The number of carbonyl (C=O) groups is 3. The van der Waals surface area contributed by atoms with Gasteiger partial charge in [-0.1, -0.05) is 68.4 Å². The Kier molecular flexibility index (Phi) is 8.34. The van der Waals surface area contributed by atoms with Crippen LogP contribution in [0.2, 0.25) is 0 Å². The molecule has 1 aliphatic rings. The van der Waals surface area contributed by atoms with Gasteiger partial charge in [0.1, 0.15) is 11.5 Å². The molecule has 9 nitrogen and oxygen atoms in total. The van der Waals surface area contributed by atoms with Crippen molar-refractivity contribution in [3.8, 4) is 11.5 Å². The number of rotatable bonds is 10. The molecule has 0 aromatic heterocycles. The van der Waals surface area contributed by atoms with E-state index in [0.717, 1.165) is 11.6 Å². The molecule has 1 saturated heterocycles. The molecule has 1 heterocycles. The Morgan fingerprint density at radius 3 is 2.16 bits per heavy atom. The van der Waals surface area contributed by atoms with Crippen LogP contribution in [0.5, 0.6) is 11.5 Å². The minimum absolute atomic E-state index is 0.0479. The lowest BCUT2D eigenvalue weighted by Crippen LogP contribution is -2.27. The summed E-state index contributed by atoms with van der Waals surface area (Å²) < 4.78 is 11.2. The molecule has 218 valence electrons. The summed E-state index contributed by atoms with van der Waals surface area (Å²) in [5, 5.41) is 10.9. The van der Waals surface area contributed by atoms with E-state index in [4.69, 9.17) is 9.47 Å². The summed E-state index contributed by atoms with van der Waals surface area (Å²) in [6.45, 7) is 3.91. The number of carbonyl (C=O) groups excluding carboxylic acids is 3. The Labute approximate surface area is 248 Å². The van der Waals surface area contributed by atoms with Crippen LogP contribution >= 0.6 is 0 Å². The van der Waals surface area contributed by atoms with Crippen molar-refractivity contribution < 1.29 is 28.8 Å². The van der Waals surface area contributed by atoms with E-state index < -0.39 is 29.2 Å². The molecule has 1 amide bonds. The number of ether oxygens (including phenoxy) is 2. The van der Waals surface area contributed by atoms with Crippen molar-refractivity contribution in [1.82, 2.24) is 0 Å². The van der Waals surface area contributed by atoms with Gasteiger partial charge in [-0.15, -0.1) is 0 Å². The number of nitrogens with zero attached hydrogens (tertiary/aromatic N) is 2. The third kappa shape index (κ3) is 6.62. The highest BCUT2D eigenvalue weighted by molar-refractivity contribution is 6.01. The number of nitro groups is 1. The predicted octanol–water partition coefficient (Wildman–Crippen LogP) is 6.49. The van der Waals surface area contributed by atoms with Gasteiger partial charge in [0.2, 0.25) is 11.7 Å². The first-order chi connectivity index (χ1) is 20.6. The van der Waals surface area contributed by atoms with E-state index in [2.05, 4.69) is 38.1 Å². The molecular formula is C34H30N2O7. The summed E-state index contributed by atoms with van der Waals surface area (Å²) in [5.41, 5.74) is 2.68. The van der Waals surface area contributed by atoms with E-state index in [1.807, 2.05) is 30.3 Å². The second-order valence-corrected chi connectivity index (χ2v) is 10.9. The fourth-order valence-corrected chi connectivity index (χ4v) is 5.04. The number of anilines is 1. The zero-order chi connectivity index (χ0) is 30.6. The van der Waals surface area contributed by atoms with E-state index in [9.17, 15) is 24.5 Å². The third-order valence-electron chi connectivity index (χ3n) is 7.64. The Balaban J connectivity index is 1.16. The van der Waals surface area contributed by atoms with Crippen molar-refractivity contribution in [2.45, 2.75) is 25.7 Å². The highest BCUT2D eigenvalue weighted by Crippen LogP contribution is 2.34. The van der Waals surface area contributed by atoms with E-state index in [-0.39, 0.29) is 35.5 Å². The highest BCUT2D eigenvalue weighted by Gasteiger charge is 2.36. The van der Waals surface area contributed by atoms with Crippen LogP contribution in [0.1, 0.15) is 41.8 Å². The summed E-state index contributed by atoms with van der Waals surface area (Å²) in [6, 6.07) is 30.5. The predicted molar refractivity (Wildman–Crippen MR) is 160 cm³/mol. The van der Waals surface area contributed by atoms with Crippen LogP contribution in [0.15, 0.2) is 103 Å². The molecule has 5 rings (SSSR count). The number of ketones is 1. The van der Waals surface area contributed by atoms with Gasteiger partial charge in [-0.25, -0.2) is 0 Å². The minimum atomic E-state index is -0.736. The lowest BCUT2D eigenvalue weighted by atomic mass is 9.78. The molecular weight excluding hydrogens is 548 g/mol. The monoisotopic (exact) mass is 578 g/mol. The van der Waals surface area contributed by atoms with Gasteiger partial charge in [0.15, 0.2) is 6.61 Å². The fraction of sp³-hybridized carbons (Fsp3) is 0.206. The minimum Gasteiger partial charge on any atom is -0.457 e. The van der Waals surface area contributed by atoms with Crippen LogP contribution in [0, 0.1) is 16.0 Å². The summed E-state index contributed by atoms with van der Waals surface area (Å²) in [7, 11) is 0. The summed E-state index contributed by atoms with van der Waals surface area (Å²) in [5.74, 6) is -0.935. The molecule has 4 aromatic rings. The van der Waals surface area contributed by atoms with E-state index in [0.29, 0.717) is 17.2 Å². The first-order valence-electron chi connectivity index (χ1n) is 13.8. The second-order valence-electron chi connectivity index (χ2n) is 10.9. The van der Waals surface area contributed by atoms with Crippen molar-refractivity contribution in [3.05, 3.63) is 130 Å². The van der Waals surface area contributed by atoms with Crippen molar-refractivity contribution in [2.24, 2.45) is 5.92 Å². The van der Waals surface area contributed by atoms with Gasteiger partial charge in [0.05, 0.1) is 10.8 Å². The number of nitro benzene ring substituents is 1. The molecule has 9 heteroatoms. The number of hydrogen-bond acceptors (Lipinski definition) is 7. The molecule has 0 bridgehead atoms. The quantitative estimate of drug-likeness (QED) is 0.0914.